The predicted octanol–water partition coefficient (Wildman–Crippen LogP) is 4.51. The molecule has 0 spiro atoms. The van der Waals surface area contributed by atoms with Crippen molar-refractivity contribution in [2.75, 3.05) is 7.11 Å². The molecular formula is C17H20ClNO. The molecule has 2 aromatic rings. The lowest BCUT2D eigenvalue weighted by atomic mass is 10.1. The molecule has 0 heterocycles. The van der Waals surface area contributed by atoms with Crippen molar-refractivity contribution in [3.8, 4) is 5.75 Å². The number of hydrogen-bond acceptors (Lipinski definition) is 2. The van der Waals surface area contributed by atoms with Crippen molar-refractivity contribution in [3.05, 3.63) is 64.2 Å². The average molecular weight is 290 g/mol. The van der Waals surface area contributed by atoms with Crippen LogP contribution < -0.4 is 10.1 Å². The molecule has 0 aliphatic carbocycles. The van der Waals surface area contributed by atoms with Crippen LogP contribution in [-0.4, -0.2) is 7.11 Å². The Labute approximate surface area is 125 Å². The van der Waals surface area contributed by atoms with Crippen LogP contribution >= 0.6 is 11.6 Å². The highest BCUT2D eigenvalue weighted by Gasteiger charge is 2.10. The van der Waals surface area contributed by atoms with E-state index in [-0.39, 0.29) is 6.04 Å². The zero-order valence-corrected chi connectivity index (χ0v) is 12.9. The number of benzene rings is 2. The lowest BCUT2D eigenvalue weighted by Gasteiger charge is -2.18. The number of hydrogen-bond donors (Lipinski definition) is 1. The van der Waals surface area contributed by atoms with Crippen LogP contribution in [0.15, 0.2) is 42.5 Å². The number of aryl methyl sites for hydroxylation is 1. The van der Waals surface area contributed by atoms with Crippen LogP contribution in [0.2, 0.25) is 5.02 Å². The van der Waals surface area contributed by atoms with E-state index in [4.69, 9.17) is 16.3 Å². The molecule has 0 aliphatic heterocycles. The molecule has 0 saturated carbocycles. The summed E-state index contributed by atoms with van der Waals surface area (Å²) in [5.74, 6) is 0.917. The number of rotatable bonds is 5. The minimum absolute atomic E-state index is 0.223. The minimum Gasteiger partial charge on any atom is -0.496 e. The van der Waals surface area contributed by atoms with E-state index in [1.54, 1.807) is 7.11 Å². The van der Waals surface area contributed by atoms with E-state index in [1.165, 1.54) is 16.7 Å². The quantitative estimate of drug-likeness (QED) is 0.874. The number of ether oxygens (including phenoxy) is 1. The Hall–Kier alpha value is -1.51. The van der Waals surface area contributed by atoms with Gasteiger partial charge in [-0.3, -0.25) is 0 Å². The van der Waals surface area contributed by atoms with Crippen molar-refractivity contribution < 1.29 is 4.74 Å². The maximum absolute atomic E-state index is 5.98. The van der Waals surface area contributed by atoms with E-state index in [2.05, 4.69) is 31.3 Å². The zero-order chi connectivity index (χ0) is 14.5. The molecule has 0 radical (unpaired) electrons. The highest BCUT2D eigenvalue weighted by Crippen LogP contribution is 2.25. The van der Waals surface area contributed by atoms with Crippen LogP contribution in [0, 0.1) is 6.92 Å². The first-order valence-electron chi connectivity index (χ1n) is 6.73. The Bertz CT molecular complexity index is 583. The van der Waals surface area contributed by atoms with Crippen molar-refractivity contribution in [2.24, 2.45) is 0 Å². The van der Waals surface area contributed by atoms with Gasteiger partial charge in [-0.2, -0.15) is 0 Å². The number of nitrogens with one attached hydrogen (secondary N) is 1. The monoisotopic (exact) mass is 289 g/mol. The van der Waals surface area contributed by atoms with Gasteiger partial charge in [-0.1, -0.05) is 35.9 Å². The molecule has 1 atom stereocenters. The molecular weight excluding hydrogens is 270 g/mol. The molecule has 1 N–H and O–H groups in total. The Kier molecular flexibility index (Phi) is 5.05. The molecule has 3 heteroatoms. The van der Waals surface area contributed by atoms with Gasteiger partial charge in [-0.25, -0.2) is 0 Å². The van der Waals surface area contributed by atoms with Crippen LogP contribution in [0.3, 0.4) is 0 Å². The highest BCUT2D eigenvalue weighted by molar-refractivity contribution is 6.30. The fraction of sp³-hybridized carbons (Fsp3) is 0.294. The first kappa shape index (κ1) is 14.9. The van der Waals surface area contributed by atoms with Gasteiger partial charge >= 0.3 is 0 Å². The van der Waals surface area contributed by atoms with Gasteiger partial charge in [0.1, 0.15) is 5.75 Å². The second kappa shape index (κ2) is 6.78. The number of para-hydroxylation sites is 1. The Morgan fingerprint density at radius 2 is 1.95 bits per heavy atom. The van der Waals surface area contributed by atoms with Crippen LogP contribution in [0.1, 0.15) is 29.7 Å². The molecule has 20 heavy (non-hydrogen) atoms. The molecule has 106 valence electrons. The van der Waals surface area contributed by atoms with E-state index in [9.17, 15) is 0 Å². The molecule has 0 fully saturated rings. The largest absolute Gasteiger partial charge is 0.496 e. The van der Waals surface area contributed by atoms with E-state index in [1.807, 2.05) is 30.3 Å². The molecule has 1 unspecified atom stereocenters. The third kappa shape index (κ3) is 3.53. The smallest absolute Gasteiger partial charge is 0.123 e. The van der Waals surface area contributed by atoms with Gasteiger partial charge in [0.2, 0.25) is 0 Å². The molecule has 2 rings (SSSR count). The summed E-state index contributed by atoms with van der Waals surface area (Å²) >= 11 is 5.98. The van der Waals surface area contributed by atoms with Crippen LogP contribution in [0.25, 0.3) is 0 Å². The summed E-state index contributed by atoms with van der Waals surface area (Å²) in [6.45, 7) is 5.03. The van der Waals surface area contributed by atoms with Crippen LogP contribution in [-0.2, 0) is 6.54 Å². The highest BCUT2D eigenvalue weighted by atomic mass is 35.5. The minimum atomic E-state index is 0.223. The molecule has 2 aromatic carbocycles. The summed E-state index contributed by atoms with van der Waals surface area (Å²) in [6, 6.07) is 14.3. The summed E-state index contributed by atoms with van der Waals surface area (Å²) in [7, 11) is 1.70. The van der Waals surface area contributed by atoms with Gasteiger partial charge in [-0.15, -0.1) is 0 Å². The third-order valence-electron chi connectivity index (χ3n) is 3.51. The lowest BCUT2D eigenvalue weighted by molar-refractivity contribution is 0.401. The maximum atomic E-state index is 5.98. The summed E-state index contributed by atoms with van der Waals surface area (Å²) < 4.78 is 5.40. The molecule has 0 aliphatic rings. The van der Waals surface area contributed by atoms with Gasteiger partial charge < -0.3 is 10.1 Å². The summed E-state index contributed by atoms with van der Waals surface area (Å²) in [4.78, 5) is 0. The van der Waals surface area contributed by atoms with Gasteiger partial charge in [-0.05, 0) is 43.2 Å². The Balaban J connectivity index is 2.06. The van der Waals surface area contributed by atoms with Crippen molar-refractivity contribution in [1.82, 2.24) is 5.32 Å². The fourth-order valence-electron chi connectivity index (χ4n) is 2.25. The van der Waals surface area contributed by atoms with Crippen molar-refractivity contribution >= 4 is 11.6 Å². The van der Waals surface area contributed by atoms with E-state index >= 15 is 0 Å². The van der Waals surface area contributed by atoms with Gasteiger partial charge in [0.05, 0.1) is 7.11 Å². The van der Waals surface area contributed by atoms with Gasteiger partial charge in [0.25, 0.3) is 0 Å². The van der Waals surface area contributed by atoms with Crippen molar-refractivity contribution in [3.63, 3.8) is 0 Å². The van der Waals surface area contributed by atoms with Crippen molar-refractivity contribution in [1.29, 1.82) is 0 Å². The van der Waals surface area contributed by atoms with Crippen molar-refractivity contribution in [2.45, 2.75) is 26.4 Å². The molecule has 0 aromatic heterocycles. The maximum Gasteiger partial charge on any atom is 0.123 e. The number of halogens is 1. The first-order chi connectivity index (χ1) is 9.61. The molecule has 0 amide bonds. The SMILES string of the molecule is COc1ccccc1C(C)NCc1ccc(Cl)cc1C. The predicted molar refractivity (Wildman–Crippen MR) is 84.4 cm³/mol. The van der Waals surface area contributed by atoms with Gasteiger partial charge in [0, 0.05) is 23.2 Å². The van der Waals surface area contributed by atoms with Crippen LogP contribution in [0.5, 0.6) is 5.75 Å². The summed E-state index contributed by atoms with van der Waals surface area (Å²) in [5, 5.41) is 4.31. The fourth-order valence-corrected chi connectivity index (χ4v) is 2.48. The van der Waals surface area contributed by atoms with Gasteiger partial charge in [0.15, 0.2) is 0 Å². The summed E-state index contributed by atoms with van der Waals surface area (Å²) in [5.41, 5.74) is 3.63. The number of methoxy groups -OCH3 is 1. The van der Waals surface area contributed by atoms with E-state index in [0.29, 0.717) is 0 Å². The summed E-state index contributed by atoms with van der Waals surface area (Å²) in [6.07, 6.45) is 0. The standard InChI is InChI=1S/C17H20ClNO/c1-12-10-15(18)9-8-14(12)11-19-13(2)16-6-4-5-7-17(16)20-3/h4-10,13,19H,11H2,1-3H3. The van der Waals surface area contributed by atoms with E-state index < -0.39 is 0 Å². The molecule has 2 nitrogen and oxygen atoms in total. The molecule has 0 saturated heterocycles. The van der Waals surface area contributed by atoms with Crippen LogP contribution in [0.4, 0.5) is 0 Å². The third-order valence-corrected chi connectivity index (χ3v) is 3.74. The lowest BCUT2D eigenvalue weighted by Crippen LogP contribution is -2.19. The normalized spacial score (nSPS) is 12.2. The second-order valence-corrected chi connectivity index (χ2v) is 5.35. The topological polar surface area (TPSA) is 21.3 Å². The second-order valence-electron chi connectivity index (χ2n) is 4.92. The van der Waals surface area contributed by atoms with E-state index in [0.717, 1.165) is 17.3 Å². The Morgan fingerprint density at radius 1 is 1.20 bits per heavy atom. The zero-order valence-electron chi connectivity index (χ0n) is 12.1. The average Bonchev–Trinajstić information content (AvgIpc) is 2.46. The first-order valence-corrected chi connectivity index (χ1v) is 7.11. The molecule has 0 bridgehead atoms. The Morgan fingerprint density at radius 3 is 2.65 bits per heavy atom.